The van der Waals surface area contributed by atoms with E-state index < -0.39 is 10.0 Å². The Morgan fingerprint density at radius 3 is 2.50 bits per heavy atom. The Kier molecular flexibility index (Phi) is 7.62. The molecule has 0 saturated heterocycles. The summed E-state index contributed by atoms with van der Waals surface area (Å²) in [7, 11) is -1.36. The van der Waals surface area contributed by atoms with Gasteiger partial charge in [-0.3, -0.25) is 0 Å². The van der Waals surface area contributed by atoms with E-state index in [1.165, 1.54) is 0 Å². The van der Waals surface area contributed by atoms with E-state index in [-0.39, 0.29) is 11.8 Å². The minimum Gasteiger partial charge on any atom is -0.319 e. The highest BCUT2D eigenvalue weighted by Gasteiger charge is 2.15. The quantitative estimate of drug-likeness (QED) is 0.639. The SMILES string of the molecule is CCC(CSC)NS(=O)(=O)CCNC. The zero-order chi connectivity index (χ0) is 11.0. The molecular formula is C8H20N2O2S2. The minimum absolute atomic E-state index is 0.0619. The van der Waals surface area contributed by atoms with Gasteiger partial charge in [0.05, 0.1) is 5.75 Å². The number of hydrogen-bond donors (Lipinski definition) is 2. The molecular weight excluding hydrogens is 220 g/mol. The Bertz CT molecular complexity index is 229. The van der Waals surface area contributed by atoms with Gasteiger partial charge < -0.3 is 5.32 Å². The van der Waals surface area contributed by atoms with Crippen LogP contribution in [0.2, 0.25) is 0 Å². The molecule has 0 aromatic rings. The van der Waals surface area contributed by atoms with Crippen LogP contribution in [0.15, 0.2) is 0 Å². The first kappa shape index (κ1) is 14.2. The Morgan fingerprint density at radius 2 is 2.07 bits per heavy atom. The molecule has 0 saturated carbocycles. The highest BCUT2D eigenvalue weighted by atomic mass is 32.2. The number of sulfonamides is 1. The smallest absolute Gasteiger partial charge is 0.213 e. The first-order valence-corrected chi connectivity index (χ1v) is 7.74. The lowest BCUT2D eigenvalue weighted by atomic mass is 10.3. The van der Waals surface area contributed by atoms with E-state index in [4.69, 9.17) is 0 Å². The van der Waals surface area contributed by atoms with Crippen LogP contribution in [-0.4, -0.2) is 45.8 Å². The van der Waals surface area contributed by atoms with Gasteiger partial charge in [-0.1, -0.05) is 6.92 Å². The van der Waals surface area contributed by atoms with Crippen LogP contribution in [0.5, 0.6) is 0 Å². The summed E-state index contributed by atoms with van der Waals surface area (Å²) in [5, 5.41) is 2.82. The van der Waals surface area contributed by atoms with Gasteiger partial charge in [-0.25, -0.2) is 13.1 Å². The van der Waals surface area contributed by atoms with E-state index in [1.807, 2.05) is 13.2 Å². The lowest BCUT2D eigenvalue weighted by Crippen LogP contribution is -2.39. The molecule has 0 aliphatic heterocycles. The van der Waals surface area contributed by atoms with Crippen LogP contribution in [0.1, 0.15) is 13.3 Å². The molecule has 0 fully saturated rings. The number of rotatable bonds is 8. The maximum atomic E-state index is 11.5. The first-order chi connectivity index (χ1) is 6.55. The van der Waals surface area contributed by atoms with E-state index in [1.54, 1.807) is 18.8 Å². The van der Waals surface area contributed by atoms with E-state index >= 15 is 0 Å². The van der Waals surface area contributed by atoms with Crippen LogP contribution < -0.4 is 10.0 Å². The van der Waals surface area contributed by atoms with Crippen LogP contribution in [-0.2, 0) is 10.0 Å². The molecule has 0 spiro atoms. The minimum atomic E-state index is -3.10. The molecule has 2 N–H and O–H groups in total. The summed E-state index contributed by atoms with van der Waals surface area (Å²) in [6, 6.07) is 0.0619. The maximum Gasteiger partial charge on any atom is 0.213 e. The molecule has 0 aliphatic rings. The molecule has 1 unspecified atom stereocenters. The van der Waals surface area contributed by atoms with Crippen molar-refractivity contribution < 1.29 is 8.42 Å². The molecule has 4 nitrogen and oxygen atoms in total. The molecule has 0 amide bonds. The van der Waals surface area contributed by atoms with Crippen LogP contribution in [0, 0.1) is 0 Å². The van der Waals surface area contributed by atoms with E-state index in [9.17, 15) is 8.42 Å². The Balaban J connectivity index is 4.04. The van der Waals surface area contributed by atoms with Crippen LogP contribution in [0.4, 0.5) is 0 Å². The van der Waals surface area contributed by atoms with Crippen molar-refractivity contribution in [3.05, 3.63) is 0 Å². The van der Waals surface area contributed by atoms with E-state index in [0.29, 0.717) is 6.54 Å². The van der Waals surface area contributed by atoms with Crippen molar-refractivity contribution in [2.45, 2.75) is 19.4 Å². The Morgan fingerprint density at radius 1 is 1.43 bits per heavy atom. The van der Waals surface area contributed by atoms with Gasteiger partial charge in [-0.2, -0.15) is 11.8 Å². The van der Waals surface area contributed by atoms with Gasteiger partial charge in [0, 0.05) is 18.3 Å². The lowest BCUT2D eigenvalue weighted by molar-refractivity contribution is 0.556. The second-order valence-electron chi connectivity index (χ2n) is 3.10. The highest BCUT2D eigenvalue weighted by molar-refractivity contribution is 7.98. The van der Waals surface area contributed by atoms with Gasteiger partial charge in [0.15, 0.2) is 0 Å². The summed E-state index contributed by atoms with van der Waals surface area (Å²) >= 11 is 1.66. The van der Waals surface area contributed by atoms with Crippen molar-refractivity contribution in [3.63, 3.8) is 0 Å². The van der Waals surface area contributed by atoms with Gasteiger partial charge in [-0.15, -0.1) is 0 Å². The first-order valence-electron chi connectivity index (χ1n) is 4.69. The molecule has 0 aliphatic carbocycles. The molecule has 14 heavy (non-hydrogen) atoms. The summed E-state index contributed by atoms with van der Waals surface area (Å²) in [6.07, 6.45) is 2.81. The molecule has 0 heterocycles. The predicted molar refractivity (Wildman–Crippen MR) is 63.3 cm³/mol. The normalized spacial score (nSPS) is 14.2. The van der Waals surface area contributed by atoms with Crippen LogP contribution >= 0.6 is 11.8 Å². The van der Waals surface area contributed by atoms with Crippen molar-refractivity contribution in [1.29, 1.82) is 0 Å². The van der Waals surface area contributed by atoms with Crippen molar-refractivity contribution in [2.75, 3.05) is 31.4 Å². The van der Waals surface area contributed by atoms with Gasteiger partial charge in [0.2, 0.25) is 10.0 Å². The fourth-order valence-electron chi connectivity index (χ4n) is 0.986. The zero-order valence-corrected chi connectivity index (χ0v) is 10.7. The van der Waals surface area contributed by atoms with Gasteiger partial charge in [0.1, 0.15) is 0 Å². The summed E-state index contributed by atoms with van der Waals surface area (Å²) in [4.78, 5) is 0. The third-order valence-corrected chi connectivity index (χ3v) is 4.00. The average Bonchev–Trinajstić information content (AvgIpc) is 2.14. The van der Waals surface area contributed by atoms with Gasteiger partial charge >= 0.3 is 0 Å². The van der Waals surface area contributed by atoms with E-state index in [2.05, 4.69) is 10.0 Å². The fraction of sp³-hybridized carbons (Fsp3) is 1.00. The number of thioether (sulfide) groups is 1. The third-order valence-electron chi connectivity index (χ3n) is 1.83. The monoisotopic (exact) mass is 240 g/mol. The van der Waals surface area contributed by atoms with Crippen LogP contribution in [0.3, 0.4) is 0 Å². The summed E-state index contributed by atoms with van der Waals surface area (Å²) in [6.45, 7) is 2.48. The fourth-order valence-corrected chi connectivity index (χ4v) is 3.16. The molecule has 1 atom stereocenters. The average molecular weight is 240 g/mol. The zero-order valence-electron chi connectivity index (χ0n) is 9.04. The van der Waals surface area contributed by atoms with Crippen molar-refractivity contribution in [1.82, 2.24) is 10.0 Å². The van der Waals surface area contributed by atoms with E-state index in [0.717, 1.165) is 12.2 Å². The van der Waals surface area contributed by atoms with Crippen molar-refractivity contribution >= 4 is 21.8 Å². The van der Waals surface area contributed by atoms with Crippen molar-refractivity contribution in [3.8, 4) is 0 Å². The second-order valence-corrected chi connectivity index (χ2v) is 5.88. The largest absolute Gasteiger partial charge is 0.319 e. The molecule has 6 heteroatoms. The molecule has 0 aromatic heterocycles. The van der Waals surface area contributed by atoms with Gasteiger partial charge in [0.25, 0.3) is 0 Å². The predicted octanol–water partition coefficient (Wildman–Crippen LogP) is 0.267. The summed E-state index contributed by atoms with van der Waals surface area (Å²) in [5.74, 6) is 0.976. The second kappa shape index (κ2) is 7.50. The molecule has 0 bridgehead atoms. The summed E-state index contributed by atoms with van der Waals surface area (Å²) < 4.78 is 25.6. The number of nitrogens with one attached hydrogen (secondary N) is 2. The molecule has 0 aromatic carbocycles. The van der Waals surface area contributed by atoms with Crippen LogP contribution in [0.25, 0.3) is 0 Å². The molecule has 86 valence electrons. The summed E-state index contributed by atoms with van der Waals surface area (Å²) in [5.41, 5.74) is 0. The van der Waals surface area contributed by atoms with Crippen molar-refractivity contribution in [2.24, 2.45) is 0 Å². The Hall–Kier alpha value is 0.220. The molecule has 0 rings (SSSR count). The topological polar surface area (TPSA) is 58.2 Å². The maximum absolute atomic E-state index is 11.5. The van der Waals surface area contributed by atoms with Gasteiger partial charge in [-0.05, 0) is 19.7 Å². The number of hydrogen-bond acceptors (Lipinski definition) is 4. The third kappa shape index (κ3) is 6.64. The Labute approximate surface area is 91.3 Å². The highest BCUT2D eigenvalue weighted by Crippen LogP contribution is 2.02. The lowest BCUT2D eigenvalue weighted by Gasteiger charge is -2.15. The molecule has 0 radical (unpaired) electrons. The standard InChI is InChI=1S/C8H20N2O2S2/c1-4-8(7-13-3)10-14(11,12)6-5-9-2/h8-10H,4-7H2,1-3H3.